The molecule has 1 aromatic rings. The molecule has 0 aliphatic rings. The molecule has 1 aromatic heterocycles. The molecule has 8 nitrogen and oxygen atoms in total. The van der Waals surface area contributed by atoms with E-state index in [1.807, 2.05) is 0 Å². The SMILES string of the molecule is CCS(=O)(=O)CCCn1nnc(C(=O)OC)c1CCOC. The van der Waals surface area contributed by atoms with Gasteiger partial charge in [-0.3, -0.25) is 0 Å². The average Bonchev–Trinajstić information content (AvgIpc) is 2.87. The molecule has 9 heteroatoms. The molecule has 0 unspecified atom stereocenters. The third-order valence-electron chi connectivity index (χ3n) is 3.02. The van der Waals surface area contributed by atoms with E-state index >= 15 is 0 Å². The first-order valence-corrected chi connectivity index (χ1v) is 8.47. The van der Waals surface area contributed by atoms with Gasteiger partial charge < -0.3 is 9.47 Å². The van der Waals surface area contributed by atoms with Crippen LogP contribution in [-0.4, -0.2) is 61.7 Å². The molecule has 0 bridgehead atoms. The van der Waals surface area contributed by atoms with Crippen LogP contribution in [0.3, 0.4) is 0 Å². The van der Waals surface area contributed by atoms with Crippen LogP contribution in [0.15, 0.2) is 0 Å². The lowest BCUT2D eigenvalue weighted by atomic mass is 10.2. The zero-order valence-electron chi connectivity index (χ0n) is 12.5. The highest BCUT2D eigenvalue weighted by Gasteiger charge is 2.20. The molecule has 0 spiro atoms. The number of hydrogen-bond acceptors (Lipinski definition) is 7. The van der Waals surface area contributed by atoms with Crippen LogP contribution in [0.1, 0.15) is 29.5 Å². The van der Waals surface area contributed by atoms with E-state index in [0.29, 0.717) is 31.7 Å². The Morgan fingerprint density at radius 2 is 2.05 bits per heavy atom. The van der Waals surface area contributed by atoms with E-state index in [-0.39, 0.29) is 17.2 Å². The van der Waals surface area contributed by atoms with Crippen molar-refractivity contribution < 1.29 is 22.7 Å². The van der Waals surface area contributed by atoms with Gasteiger partial charge in [-0.05, 0) is 6.42 Å². The predicted octanol–water partition coefficient (Wildman–Crippen LogP) is 0.0784. The van der Waals surface area contributed by atoms with Gasteiger partial charge in [0.05, 0.1) is 25.2 Å². The van der Waals surface area contributed by atoms with Gasteiger partial charge in [0.15, 0.2) is 5.69 Å². The Kier molecular flexibility index (Phi) is 6.76. The fourth-order valence-electron chi connectivity index (χ4n) is 1.79. The summed E-state index contributed by atoms with van der Waals surface area (Å²) in [6.45, 7) is 2.40. The summed E-state index contributed by atoms with van der Waals surface area (Å²) in [5, 5.41) is 7.71. The van der Waals surface area contributed by atoms with E-state index in [1.165, 1.54) is 11.8 Å². The van der Waals surface area contributed by atoms with Gasteiger partial charge in [0.2, 0.25) is 0 Å². The highest BCUT2D eigenvalue weighted by Crippen LogP contribution is 2.09. The van der Waals surface area contributed by atoms with E-state index in [4.69, 9.17) is 4.74 Å². The third kappa shape index (κ3) is 5.09. The fraction of sp³-hybridized carbons (Fsp3) is 0.750. The number of hydrogen-bond donors (Lipinski definition) is 0. The molecule has 0 atom stereocenters. The summed E-state index contributed by atoms with van der Waals surface area (Å²) in [6, 6.07) is 0. The first-order valence-electron chi connectivity index (χ1n) is 6.65. The first kappa shape index (κ1) is 17.6. The minimum atomic E-state index is -3.01. The molecule has 120 valence electrons. The van der Waals surface area contributed by atoms with Crippen LogP contribution in [0.2, 0.25) is 0 Å². The molecule has 0 aromatic carbocycles. The number of esters is 1. The van der Waals surface area contributed by atoms with Gasteiger partial charge in [0.1, 0.15) is 9.84 Å². The van der Waals surface area contributed by atoms with Crippen LogP contribution < -0.4 is 0 Å². The molecule has 0 saturated carbocycles. The maximum absolute atomic E-state index is 11.6. The summed E-state index contributed by atoms with van der Waals surface area (Å²) < 4.78 is 34.1. The summed E-state index contributed by atoms with van der Waals surface area (Å²) in [7, 11) is -0.183. The van der Waals surface area contributed by atoms with E-state index in [0.717, 1.165) is 0 Å². The van der Waals surface area contributed by atoms with Crippen LogP contribution in [0.25, 0.3) is 0 Å². The number of carbonyl (C=O) groups excluding carboxylic acids is 1. The average molecular weight is 319 g/mol. The zero-order chi connectivity index (χ0) is 15.9. The lowest BCUT2D eigenvalue weighted by molar-refractivity contribution is 0.0592. The van der Waals surface area contributed by atoms with Gasteiger partial charge in [-0.25, -0.2) is 17.9 Å². The van der Waals surface area contributed by atoms with Crippen LogP contribution in [0, 0.1) is 0 Å². The second kappa shape index (κ2) is 8.08. The minimum absolute atomic E-state index is 0.0840. The maximum atomic E-state index is 11.6. The third-order valence-corrected chi connectivity index (χ3v) is 4.81. The molecule has 0 aliphatic heterocycles. The molecule has 0 aliphatic carbocycles. The lowest BCUT2D eigenvalue weighted by Gasteiger charge is -2.07. The Bertz CT molecular complexity index is 567. The Hall–Kier alpha value is -1.48. The van der Waals surface area contributed by atoms with Gasteiger partial charge in [0, 0.05) is 25.8 Å². The summed E-state index contributed by atoms with van der Waals surface area (Å²) in [4.78, 5) is 11.6. The van der Waals surface area contributed by atoms with E-state index in [9.17, 15) is 13.2 Å². The molecular formula is C12H21N3O5S. The summed E-state index contributed by atoms with van der Waals surface area (Å²) in [6.07, 6.45) is 0.870. The molecular weight excluding hydrogens is 298 g/mol. The van der Waals surface area contributed by atoms with Crippen molar-refractivity contribution in [3.8, 4) is 0 Å². The van der Waals surface area contributed by atoms with Crippen LogP contribution in [0.5, 0.6) is 0 Å². The topological polar surface area (TPSA) is 100 Å². The quantitative estimate of drug-likeness (QED) is 0.594. The number of aromatic nitrogens is 3. The molecule has 1 rings (SSSR count). The van der Waals surface area contributed by atoms with Crippen molar-refractivity contribution in [3.63, 3.8) is 0 Å². The number of rotatable bonds is 9. The highest BCUT2D eigenvalue weighted by molar-refractivity contribution is 7.91. The van der Waals surface area contributed by atoms with E-state index in [1.54, 1.807) is 14.0 Å². The van der Waals surface area contributed by atoms with Crippen LogP contribution in [-0.2, 0) is 32.3 Å². The number of sulfone groups is 1. The number of nitrogens with zero attached hydrogens (tertiary/aromatic N) is 3. The van der Waals surface area contributed by atoms with Crippen LogP contribution in [0.4, 0.5) is 0 Å². The zero-order valence-corrected chi connectivity index (χ0v) is 13.4. The molecule has 0 radical (unpaired) electrons. The van der Waals surface area contributed by atoms with E-state index in [2.05, 4.69) is 15.0 Å². The molecule has 0 N–H and O–H groups in total. The fourth-order valence-corrected chi connectivity index (χ4v) is 2.65. The molecule has 0 saturated heterocycles. The second-order valence-corrected chi connectivity index (χ2v) is 6.90. The van der Waals surface area contributed by atoms with Crippen molar-refractivity contribution in [2.24, 2.45) is 0 Å². The van der Waals surface area contributed by atoms with Crippen molar-refractivity contribution in [1.82, 2.24) is 15.0 Å². The van der Waals surface area contributed by atoms with Crippen LogP contribution >= 0.6 is 0 Å². The van der Waals surface area contributed by atoms with Gasteiger partial charge >= 0.3 is 5.97 Å². The molecule has 21 heavy (non-hydrogen) atoms. The predicted molar refractivity (Wildman–Crippen MR) is 75.9 cm³/mol. The minimum Gasteiger partial charge on any atom is -0.464 e. The number of aryl methyl sites for hydroxylation is 1. The summed E-state index contributed by atoms with van der Waals surface area (Å²) >= 11 is 0. The van der Waals surface area contributed by atoms with Gasteiger partial charge in [-0.15, -0.1) is 5.10 Å². The number of ether oxygens (including phenoxy) is 2. The Morgan fingerprint density at radius 3 is 2.62 bits per heavy atom. The Balaban J connectivity index is 2.81. The summed E-state index contributed by atoms with van der Waals surface area (Å²) in [5.41, 5.74) is 0.741. The monoisotopic (exact) mass is 319 g/mol. The smallest absolute Gasteiger partial charge is 0.360 e. The van der Waals surface area contributed by atoms with Gasteiger partial charge in [-0.2, -0.15) is 0 Å². The Morgan fingerprint density at radius 1 is 1.33 bits per heavy atom. The van der Waals surface area contributed by atoms with Crippen molar-refractivity contribution >= 4 is 15.8 Å². The van der Waals surface area contributed by atoms with E-state index < -0.39 is 15.8 Å². The van der Waals surface area contributed by atoms with Gasteiger partial charge in [-0.1, -0.05) is 12.1 Å². The van der Waals surface area contributed by atoms with Crippen molar-refractivity contribution in [2.75, 3.05) is 32.3 Å². The lowest BCUT2D eigenvalue weighted by Crippen LogP contribution is -2.15. The highest BCUT2D eigenvalue weighted by atomic mass is 32.2. The van der Waals surface area contributed by atoms with Crippen molar-refractivity contribution in [1.29, 1.82) is 0 Å². The Labute approximate surface area is 124 Å². The number of methoxy groups -OCH3 is 2. The second-order valence-electron chi connectivity index (χ2n) is 4.43. The largest absolute Gasteiger partial charge is 0.464 e. The standard InChI is InChI=1S/C12H21N3O5S/c1-4-21(17,18)9-5-7-15-10(6-8-19-2)11(13-14-15)12(16)20-3/h4-9H2,1-3H3. The number of carbonyl (C=O) groups is 1. The molecule has 0 fully saturated rings. The summed E-state index contributed by atoms with van der Waals surface area (Å²) in [5.74, 6) is -0.358. The van der Waals surface area contributed by atoms with Crippen molar-refractivity contribution in [2.45, 2.75) is 26.3 Å². The molecule has 0 amide bonds. The van der Waals surface area contributed by atoms with Gasteiger partial charge in [0.25, 0.3) is 0 Å². The maximum Gasteiger partial charge on any atom is 0.360 e. The molecule has 1 heterocycles. The van der Waals surface area contributed by atoms with Crippen molar-refractivity contribution in [3.05, 3.63) is 11.4 Å². The first-order chi connectivity index (χ1) is 9.95. The normalized spacial score (nSPS) is 11.6.